The molecule has 0 radical (unpaired) electrons. The Morgan fingerprint density at radius 2 is 1.52 bits per heavy atom. The molecule has 0 saturated carbocycles. The first-order chi connectivity index (χ1) is 19.1. The molecule has 40 heavy (non-hydrogen) atoms. The number of carbonyl (C=O) groups excluding carboxylic acids is 2. The van der Waals surface area contributed by atoms with Gasteiger partial charge in [0.25, 0.3) is 10.0 Å². The topological polar surface area (TPSA) is 86.8 Å². The van der Waals surface area contributed by atoms with Gasteiger partial charge in [-0.25, -0.2) is 12.8 Å². The lowest BCUT2D eigenvalue weighted by molar-refractivity contribution is -0.139. The highest BCUT2D eigenvalue weighted by Crippen LogP contribution is 2.27. The van der Waals surface area contributed by atoms with Gasteiger partial charge in [-0.15, -0.1) is 0 Å². The Labute approximate surface area is 237 Å². The Balaban J connectivity index is 2.02. The number of nitrogens with zero attached hydrogens (tertiary/aromatic N) is 2. The van der Waals surface area contributed by atoms with Crippen LogP contribution in [0.4, 0.5) is 10.1 Å². The van der Waals surface area contributed by atoms with Gasteiger partial charge in [-0.2, -0.15) is 0 Å². The van der Waals surface area contributed by atoms with E-state index in [9.17, 15) is 18.0 Å². The molecule has 0 aliphatic rings. The summed E-state index contributed by atoms with van der Waals surface area (Å²) in [5.74, 6) is -1.68. The van der Waals surface area contributed by atoms with Crippen molar-refractivity contribution >= 4 is 27.5 Å². The van der Waals surface area contributed by atoms with Gasteiger partial charge in [-0.05, 0) is 62.9 Å². The largest absolute Gasteiger partial charge is 0.352 e. The maximum absolute atomic E-state index is 15.0. The summed E-state index contributed by atoms with van der Waals surface area (Å²) in [5, 5.41) is 2.94. The van der Waals surface area contributed by atoms with Gasteiger partial charge in [0.15, 0.2) is 0 Å². The Bertz CT molecular complexity index is 1380. The van der Waals surface area contributed by atoms with Gasteiger partial charge in [0.05, 0.1) is 10.6 Å². The highest BCUT2D eigenvalue weighted by atomic mass is 32.2. The zero-order valence-electron chi connectivity index (χ0n) is 23.5. The van der Waals surface area contributed by atoms with Crippen LogP contribution in [0.5, 0.6) is 0 Å². The molecule has 0 aliphatic carbocycles. The van der Waals surface area contributed by atoms with E-state index in [1.54, 1.807) is 19.1 Å². The third kappa shape index (κ3) is 7.69. The summed E-state index contributed by atoms with van der Waals surface area (Å²) in [4.78, 5) is 28.6. The number of halogens is 1. The zero-order valence-corrected chi connectivity index (χ0v) is 24.3. The number of rotatable bonds is 13. The van der Waals surface area contributed by atoms with Crippen LogP contribution in [0.25, 0.3) is 0 Å². The van der Waals surface area contributed by atoms with Crippen LogP contribution in [-0.4, -0.2) is 50.3 Å². The Morgan fingerprint density at radius 1 is 0.900 bits per heavy atom. The number of nitrogens with one attached hydrogen (secondary N) is 1. The predicted octanol–water partition coefficient (Wildman–Crippen LogP) is 5.09. The van der Waals surface area contributed by atoms with Crippen molar-refractivity contribution in [2.24, 2.45) is 0 Å². The van der Waals surface area contributed by atoms with Crippen LogP contribution in [0.15, 0.2) is 83.8 Å². The van der Waals surface area contributed by atoms with Crippen LogP contribution in [-0.2, 0) is 26.0 Å². The van der Waals surface area contributed by atoms with Gasteiger partial charge in [-0.1, -0.05) is 74.0 Å². The van der Waals surface area contributed by atoms with E-state index in [1.807, 2.05) is 51.1 Å². The summed E-state index contributed by atoms with van der Waals surface area (Å²) in [7, 11) is -4.32. The number of carbonyl (C=O) groups is 2. The first-order valence-electron chi connectivity index (χ1n) is 13.6. The van der Waals surface area contributed by atoms with Crippen LogP contribution < -0.4 is 9.62 Å². The van der Waals surface area contributed by atoms with Gasteiger partial charge in [0.1, 0.15) is 18.4 Å². The fourth-order valence-electron chi connectivity index (χ4n) is 4.34. The molecule has 0 aromatic heterocycles. The second-order valence-corrected chi connectivity index (χ2v) is 11.7. The van der Waals surface area contributed by atoms with Gasteiger partial charge in [0, 0.05) is 12.6 Å². The molecule has 214 valence electrons. The molecule has 0 unspecified atom stereocenters. The SMILES string of the molecule is CC[C@H](C(=O)N[C@@H](C)CC)N(CCc1ccccc1)C(=O)CN(c1ccccc1F)S(=O)(=O)c1ccc(C)cc1. The van der Waals surface area contributed by atoms with Crippen LogP contribution in [0, 0.1) is 12.7 Å². The van der Waals surface area contributed by atoms with E-state index in [0.717, 1.165) is 27.9 Å². The summed E-state index contributed by atoms with van der Waals surface area (Å²) in [6, 6.07) is 20.2. The number of hydrogen-bond donors (Lipinski definition) is 1. The van der Waals surface area contributed by atoms with E-state index < -0.39 is 34.3 Å². The summed E-state index contributed by atoms with van der Waals surface area (Å²) in [6.45, 7) is 6.99. The second-order valence-electron chi connectivity index (χ2n) is 9.84. The van der Waals surface area contributed by atoms with Gasteiger partial charge < -0.3 is 10.2 Å². The van der Waals surface area contributed by atoms with Gasteiger partial charge in [-0.3, -0.25) is 13.9 Å². The van der Waals surface area contributed by atoms with Crippen molar-refractivity contribution in [3.05, 3.63) is 95.8 Å². The molecule has 1 N–H and O–H groups in total. The fourth-order valence-corrected chi connectivity index (χ4v) is 5.76. The van der Waals surface area contributed by atoms with E-state index in [4.69, 9.17) is 0 Å². The molecule has 7 nitrogen and oxygen atoms in total. The van der Waals surface area contributed by atoms with Crippen molar-refractivity contribution in [3.8, 4) is 0 Å². The van der Waals surface area contributed by atoms with Crippen molar-refractivity contribution < 1.29 is 22.4 Å². The van der Waals surface area contributed by atoms with Crippen molar-refractivity contribution in [1.29, 1.82) is 0 Å². The van der Waals surface area contributed by atoms with E-state index >= 15 is 4.39 Å². The van der Waals surface area contributed by atoms with Crippen LogP contribution >= 0.6 is 0 Å². The van der Waals surface area contributed by atoms with Gasteiger partial charge >= 0.3 is 0 Å². The molecule has 0 heterocycles. The minimum absolute atomic E-state index is 0.0634. The maximum Gasteiger partial charge on any atom is 0.264 e. The molecule has 0 bridgehead atoms. The first kappa shape index (κ1) is 30.8. The number of para-hydroxylation sites is 1. The molecule has 2 atom stereocenters. The van der Waals surface area contributed by atoms with Crippen molar-refractivity contribution in [3.63, 3.8) is 0 Å². The molecular formula is C31H38FN3O4S. The third-order valence-electron chi connectivity index (χ3n) is 6.88. The molecule has 2 amide bonds. The molecule has 3 rings (SSSR count). The molecule has 0 saturated heterocycles. The second kappa shape index (κ2) is 14.1. The highest BCUT2D eigenvalue weighted by Gasteiger charge is 2.34. The number of amides is 2. The number of benzene rings is 3. The van der Waals surface area contributed by atoms with Crippen molar-refractivity contribution in [2.45, 2.75) is 63.9 Å². The van der Waals surface area contributed by atoms with E-state index in [-0.39, 0.29) is 29.1 Å². The maximum atomic E-state index is 15.0. The van der Waals surface area contributed by atoms with Gasteiger partial charge in [0.2, 0.25) is 11.8 Å². The summed E-state index contributed by atoms with van der Waals surface area (Å²) < 4.78 is 43.4. The summed E-state index contributed by atoms with van der Waals surface area (Å²) in [6.07, 6.45) is 1.51. The van der Waals surface area contributed by atoms with E-state index in [1.165, 1.54) is 35.2 Å². The van der Waals surface area contributed by atoms with Crippen molar-refractivity contribution in [2.75, 3.05) is 17.4 Å². The average Bonchev–Trinajstić information content (AvgIpc) is 2.94. The lowest BCUT2D eigenvalue weighted by Gasteiger charge is -2.33. The molecule has 0 fully saturated rings. The average molecular weight is 568 g/mol. The number of anilines is 1. The van der Waals surface area contributed by atoms with Crippen LogP contribution in [0.2, 0.25) is 0 Å². The lowest BCUT2D eigenvalue weighted by atomic mass is 10.1. The fraction of sp³-hybridized carbons (Fsp3) is 0.355. The molecule has 0 spiro atoms. The predicted molar refractivity (Wildman–Crippen MR) is 156 cm³/mol. The van der Waals surface area contributed by atoms with Crippen LogP contribution in [0.1, 0.15) is 44.7 Å². The minimum Gasteiger partial charge on any atom is -0.352 e. The number of hydrogen-bond acceptors (Lipinski definition) is 4. The first-order valence-corrected chi connectivity index (χ1v) is 15.0. The Hall–Kier alpha value is -3.72. The number of aryl methyl sites for hydroxylation is 1. The normalized spacial score (nSPS) is 12.8. The zero-order chi connectivity index (χ0) is 29.3. The quantitative estimate of drug-likeness (QED) is 0.312. The molecule has 3 aromatic carbocycles. The van der Waals surface area contributed by atoms with Crippen LogP contribution in [0.3, 0.4) is 0 Å². The number of sulfonamides is 1. The van der Waals surface area contributed by atoms with E-state index in [0.29, 0.717) is 12.8 Å². The molecule has 3 aromatic rings. The van der Waals surface area contributed by atoms with Crippen molar-refractivity contribution in [1.82, 2.24) is 10.2 Å². The summed E-state index contributed by atoms with van der Waals surface area (Å²) >= 11 is 0. The highest BCUT2D eigenvalue weighted by molar-refractivity contribution is 7.92. The Kier molecular flexibility index (Phi) is 10.8. The third-order valence-corrected chi connectivity index (χ3v) is 8.65. The minimum atomic E-state index is -4.32. The molecule has 9 heteroatoms. The molecular weight excluding hydrogens is 529 g/mol. The smallest absolute Gasteiger partial charge is 0.264 e. The Morgan fingerprint density at radius 3 is 2.12 bits per heavy atom. The standard InChI is InChI=1S/C31H38FN3O4S/c1-5-24(4)33-31(37)28(6-2)34(21-20-25-12-8-7-9-13-25)30(36)22-35(29-15-11-10-14-27(29)32)40(38,39)26-18-16-23(3)17-19-26/h7-19,24,28H,5-6,20-22H2,1-4H3,(H,33,37)/t24-,28+/m0/s1. The molecule has 0 aliphatic heterocycles. The lowest BCUT2D eigenvalue weighted by Crippen LogP contribution is -2.54. The summed E-state index contributed by atoms with van der Waals surface area (Å²) in [5.41, 5.74) is 1.59. The van der Waals surface area contributed by atoms with E-state index in [2.05, 4.69) is 5.32 Å². The monoisotopic (exact) mass is 567 g/mol.